The van der Waals surface area contributed by atoms with Gasteiger partial charge in [0.25, 0.3) is 0 Å². The maximum absolute atomic E-state index is 12.9. The second kappa shape index (κ2) is 8.95. The van der Waals surface area contributed by atoms with Gasteiger partial charge in [-0.15, -0.1) is 0 Å². The molecule has 2 aromatic rings. The highest BCUT2D eigenvalue weighted by atomic mass is 19.1. The predicted molar refractivity (Wildman–Crippen MR) is 99.5 cm³/mol. The van der Waals surface area contributed by atoms with Gasteiger partial charge in [-0.2, -0.15) is 5.26 Å². The van der Waals surface area contributed by atoms with Crippen LogP contribution < -0.4 is 0 Å². The summed E-state index contributed by atoms with van der Waals surface area (Å²) in [5.74, 6) is -1.80. The highest BCUT2D eigenvalue weighted by molar-refractivity contribution is 6.01. The summed E-state index contributed by atoms with van der Waals surface area (Å²) in [5, 5.41) is 9.29. The Labute approximate surface area is 157 Å². The molecule has 1 heterocycles. The van der Waals surface area contributed by atoms with Gasteiger partial charge in [0.1, 0.15) is 17.5 Å². The monoisotopic (exact) mass is 368 g/mol. The van der Waals surface area contributed by atoms with Gasteiger partial charge in [-0.1, -0.05) is 6.92 Å². The van der Waals surface area contributed by atoms with Gasteiger partial charge in [0.05, 0.1) is 0 Å². The fourth-order valence-electron chi connectivity index (χ4n) is 2.76. The number of carbonyl (C=O) groups is 2. The lowest BCUT2D eigenvalue weighted by atomic mass is 10.1. The lowest BCUT2D eigenvalue weighted by Crippen LogP contribution is -2.15. The lowest BCUT2D eigenvalue weighted by Gasteiger charge is -2.07. The minimum absolute atomic E-state index is 0.182. The van der Waals surface area contributed by atoms with E-state index in [4.69, 9.17) is 4.74 Å². The number of rotatable bonds is 7. The Morgan fingerprint density at radius 1 is 1.26 bits per heavy atom. The van der Waals surface area contributed by atoms with Crippen LogP contribution in [0.4, 0.5) is 4.39 Å². The summed E-state index contributed by atoms with van der Waals surface area (Å²) in [6.07, 6.45) is 2.44. The summed E-state index contributed by atoms with van der Waals surface area (Å²) in [7, 11) is 0. The van der Waals surface area contributed by atoms with Crippen molar-refractivity contribution in [3.8, 4) is 6.07 Å². The fourth-order valence-corrected chi connectivity index (χ4v) is 2.76. The number of halogens is 1. The van der Waals surface area contributed by atoms with E-state index in [1.165, 1.54) is 18.2 Å². The molecule has 0 fully saturated rings. The molecule has 0 atom stereocenters. The van der Waals surface area contributed by atoms with Crippen molar-refractivity contribution in [2.45, 2.75) is 33.7 Å². The summed E-state index contributed by atoms with van der Waals surface area (Å²) in [4.78, 5) is 24.2. The minimum atomic E-state index is -0.867. The molecule has 140 valence electrons. The van der Waals surface area contributed by atoms with Gasteiger partial charge in [0, 0.05) is 23.5 Å². The van der Waals surface area contributed by atoms with Crippen molar-refractivity contribution in [1.82, 2.24) is 4.57 Å². The van der Waals surface area contributed by atoms with Crippen molar-refractivity contribution < 1.29 is 18.7 Å². The van der Waals surface area contributed by atoms with Crippen LogP contribution in [0.2, 0.25) is 0 Å². The molecule has 0 bridgehead atoms. The van der Waals surface area contributed by atoms with E-state index >= 15 is 0 Å². The molecule has 0 spiro atoms. The maximum Gasteiger partial charge on any atom is 0.349 e. The highest BCUT2D eigenvalue weighted by Crippen LogP contribution is 2.19. The molecule has 0 aliphatic carbocycles. The molecule has 27 heavy (non-hydrogen) atoms. The fraction of sp³-hybridized carbons (Fsp3) is 0.286. The molecule has 0 radical (unpaired) electrons. The van der Waals surface area contributed by atoms with Crippen molar-refractivity contribution in [2.24, 2.45) is 0 Å². The van der Waals surface area contributed by atoms with Crippen molar-refractivity contribution >= 4 is 17.8 Å². The zero-order valence-electron chi connectivity index (χ0n) is 15.6. The Morgan fingerprint density at radius 2 is 1.93 bits per heavy atom. The molecule has 0 aliphatic heterocycles. The first kappa shape index (κ1) is 20.1. The molecule has 2 rings (SSSR count). The zero-order chi connectivity index (χ0) is 20.0. The molecular weight excluding hydrogens is 347 g/mol. The average molecular weight is 368 g/mol. The summed E-state index contributed by atoms with van der Waals surface area (Å²) in [5.41, 5.74) is 2.81. The number of aromatic nitrogens is 1. The number of carbonyl (C=O) groups excluding carboxylic acids is 2. The number of nitriles is 1. The Bertz CT molecular complexity index is 918. The van der Waals surface area contributed by atoms with Crippen LogP contribution in [0, 0.1) is 31.0 Å². The third kappa shape index (κ3) is 4.91. The van der Waals surface area contributed by atoms with Crippen LogP contribution in [0.25, 0.3) is 6.08 Å². The Kier molecular flexibility index (Phi) is 6.67. The molecule has 0 aliphatic rings. The first-order valence-electron chi connectivity index (χ1n) is 8.61. The first-order chi connectivity index (χ1) is 12.9. The third-order valence-electron chi connectivity index (χ3n) is 4.20. The number of hydrogen-bond donors (Lipinski definition) is 0. The van der Waals surface area contributed by atoms with Gasteiger partial charge in [0.15, 0.2) is 12.4 Å². The van der Waals surface area contributed by atoms with Crippen LogP contribution in [0.15, 0.2) is 35.9 Å². The van der Waals surface area contributed by atoms with Crippen LogP contribution in [0.1, 0.15) is 40.7 Å². The molecule has 0 saturated heterocycles. The minimum Gasteiger partial charge on any atom is -0.453 e. The van der Waals surface area contributed by atoms with Gasteiger partial charge >= 0.3 is 5.97 Å². The van der Waals surface area contributed by atoms with Crippen molar-refractivity contribution in [3.63, 3.8) is 0 Å². The van der Waals surface area contributed by atoms with Gasteiger partial charge in [-0.3, -0.25) is 4.79 Å². The van der Waals surface area contributed by atoms with E-state index in [9.17, 15) is 19.2 Å². The molecule has 0 amide bonds. The van der Waals surface area contributed by atoms with E-state index in [1.807, 2.05) is 26.0 Å². The number of aryl methyl sites for hydroxylation is 1. The normalized spacial score (nSPS) is 11.1. The quantitative estimate of drug-likeness (QED) is 0.321. The number of ketones is 1. The smallest absolute Gasteiger partial charge is 0.349 e. The number of hydrogen-bond acceptors (Lipinski definition) is 4. The second-order valence-electron chi connectivity index (χ2n) is 6.15. The number of ether oxygens (including phenoxy) is 1. The topological polar surface area (TPSA) is 72.1 Å². The van der Waals surface area contributed by atoms with Crippen LogP contribution in [-0.4, -0.2) is 22.9 Å². The van der Waals surface area contributed by atoms with Crippen LogP contribution in [0.5, 0.6) is 0 Å². The van der Waals surface area contributed by atoms with E-state index in [-0.39, 0.29) is 11.1 Å². The third-order valence-corrected chi connectivity index (χ3v) is 4.20. The SMILES string of the molecule is CCCn1c(C)cc(/C=C(\C#N)C(=O)OCC(=O)c2ccc(F)cc2)c1C. The highest BCUT2D eigenvalue weighted by Gasteiger charge is 2.16. The van der Waals surface area contributed by atoms with Crippen LogP contribution >= 0.6 is 0 Å². The number of Topliss-reactive ketones (excluding diaryl/α,β-unsaturated/α-hetero) is 1. The zero-order valence-corrected chi connectivity index (χ0v) is 15.6. The molecule has 6 heteroatoms. The molecule has 1 aromatic heterocycles. The largest absolute Gasteiger partial charge is 0.453 e. The van der Waals surface area contributed by atoms with Crippen LogP contribution in [0.3, 0.4) is 0 Å². The number of nitrogens with zero attached hydrogens (tertiary/aromatic N) is 2. The Balaban J connectivity index is 2.11. The van der Waals surface area contributed by atoms with E-state index in [0.29, 0.717) is 0 Å². The second-order valence-corrected chi connectivity index (χ2v) is 6.15. The standard InChI is InChI=1S/C21H21FN2O3/c1-4-9-24-14(2)10-17(15(24)3)11-18(12-23)21(26)27-13-20(25)16-5-7-19(22)8-6-16/h5-8,10-11H,4,9,13H2,1-3H3/b18-11+. The molecular formula is C21H21FN2O3. The van der Waals surface area contributed by atoms with E-state index in [1.54, 1.807) is 0 Å². The summed E-state index contributed by atoms with van der Waals surface area (Å²) < 4.78 is 20.0. The van der Waals surface area contributed by atoms with Gasteiger partial charge in [-0.05, 0) is 62.2 Å². The first-order valence-corrected chi connectivity index (χ1v) is 8.61. The predicted octanol–water partition coefficient (Wildman–Crippen LogP) is 3.99. The van der Waals surface area contributed by atoms with Gasteiger partial charge in [-0.25, -0.2) is 9.18 Å². The maximum atomic E-state index is 12.9. The summed E-state index contributed by atoms with van der Waals surface area (Å²) in [6, 6.07) is 8.67. The van der Waals surface area contributed by atoms with E-state index < -0.39 is 24.2 Å². The molecule has 1 aromatic carbocycles. The van der Waals surface area contributed by atoms with E-state index in [0.717, 1.165) is 42.0 Å². The molecule has 5 nitrogen and oxygen atoms in total. The average Bonchev–Trinajstić information content (AvgIpc) is 2.92. The Morgan fingerprint density at radius 3 is 2.52 bits per heavy atom. The molecule has 0 unspecified atom stereocenters. The molecule has 0 N–H and O–H groups in total. The lowest BCUT2D eigenvalue weighted by molar-refractivity contribution is -0.137. The van der Waals surface area contributed by atoms with Crippen LogP contribution in [-0.2, 0) is 16.1 Å². The number of esters is 1. The van der Waals surface area contributed by atoms with Gasteiger partial charge in [0.2, 0.25) is 0 Å². The van der Waals surface area contributed by atoms with Crippen molar-refractivity contribution in [2.75, 3.05) is 6.61 Å². The molecule has 0 saturated carbocycles. The van der Waals surface area contributed by atoms with Gasteiger partial charge < -0.3 is 9.30 Å². The van der Waals surface area contributed by atoms with Crippen molar-refractivity contribution in [1.29, 1.82) is 5.26 Å². The van der Waals surface area contributed by atoms with E-state index in [2.05, 4.69) is 11.5 Å². The summed E-state index contributed by atoms with van der Waals surface area (Å²) >= 11 is 0. The summed E-state index contributed by atoms with van der Waals surface area (Å²) in [6.45, 7) is 6.30. The Hall–Kier alpha value is -3.20. The van der Waals surface area contributed by atoms with Crippen molar-refractivity contribution in [3.05, 3.63) is 64.2 Å². The number of benzene rings is 1.